The first-order chi connectivity index (χ1) is 4.20. The molecule has 1 heterocycles. The largest absolute Gasteiger partial charge is 0.456 e. The molecule has 0 spiro atoms. The van der Waals surface area contributed by atoms with Gasteiger partial charge in [-0.2, -0.15) is 0 Å². The van der Waals surface area contributed by atoms with Crippen LogP contribution in [0.15, 0.2) is 11.8 Å². The lowest BCUT2D eigenvalue weighted by Gasteiger charge is -2.09. The van der Waals surface area contributed by atoms with E-state index in [1.54, 1.807) is 7.05 Å². The van der Waals surface area contributed by atoms with Crippen molar-refractivity contribution in [2.45, 2.75) is 0 Å². The van der Waals surface area contributed by atoms with Crippen LogP contribution >= 0.6 is 0 Å². The van der Waals surface area contributed by atoms with E-state index in [1.807, 2.05) is 0 Å². The molecule has 9 heavy (non-hydrogen) atoms. The van der Waals surface area contributed by atoms with Crippen LogP contribution in [0, 0.1) is 0 Å². The van der Waals surface area contributed by atoms with Crippen molar-refractivity contribution in [1.82, 2.24) is 5.01 Å². The van der Waals surface area contributed by atoms with Gasteiger partial charge in [0.25, 0.3) is 0 Å². The highest BCUT2D eigenvalue weighted by Gasteiger charge is 2.13. The quantitative estimate of drug-likeness (QED) is 0.286. The smallest absolute Gasteiger partial charge is 0.333 e. The second kappa shape index (κ2) is 2.06. The van der Waals surface area contributed by atoms with Crippen LogP contribution in [0.3, 0.4) is 0 Å². The van der Waals surface area contributed by atoms with Gasteiger partial charge < -0.3 is 9.75 Å². The minimum absolute atomic E-state index is 0.297. The van der Waals surface area contributed by atoms with Gasteiger partial charge in [-0.25, -0.2) is 10.6 Å². The lowest BCUT2D eigenvalue weighted by atomic mass is 10.4. The van der Waals surface area contributed by atoms with Crippen LogP contribution in [0.5, 0.6) is 0 Å². The lowest BCUT2D eigenvalue weighted by molar-refractivity contribution is -0.135. The van der Waals surface area contributed by atoms with Gasteiger partial charge in [0.2, 0.25) is 0 Å². The molecule has 4 nitrogen and oxygen atoms in total. The minimum Gasteiger partial charge on any atom is -0.456 e. The Bertz CT molecular complexity index is 162. The highest BCUT2D eigenvalue weighted by atomic mass is 16.5. The van der Waals surface area contributed by atoms with Gasteiger partial charge in [0.1, 0.15) is 6.61 Å². The average molecular weight is 128 g/mol. The van der Waals surface area contributed by atoms with E-state index >= 15 is 0 Å². The zero-order valence-electron chi connectivity index (χ0n) is 5.13. The number of carbonyl (C=O) groups is 1. The number of likely N-dealkylation sites (N-methyl/N-ethyl adjacent to an activating group) is 1. The van der Waals surface area contributed by atoms with Gasteiger partial charge in [0.15, 0.2) is 0 Å². The Morgan fingerprint density at radius 2 is 2.56 bits per heavy atom. The highest BCUT2D eigenvalue weighted by molar-refractivity contribution is 5.84. The first kappa shape index (κ1) is 6.10. The molecule has 4 heteroatoms. The molecule has 1 rings (SSSR count). The lowest BCUT2D eigenvalue weighted by Crippen LogP contribution is -2.25. The van der Waals surface area contributed by atoms with Crippen molar-refractivity contribution in [3.05, 3.63) is 11.8 Å². The molecule has 0 radical (unpaired) electrons. The average Bonchev–Trinajstić information content (AvgIpc) is 2.14. The predicted octanol–water partition coefficient (Wildman–Crippen LogP) is -0.767. The number of hydrazine groups is 1. The molecule has 0 aromatic carbocycles. The topological polar surface area (TPSA) is 55.6 Å². The number of hydrogen-bond donors (Lipinski definition) is 1. The fourth-order valence-electron chi connectivity index (χ4n) is 0.568. The fraction of sp³-hybridized carbons (Fsp3) is 0.400. The van der Waals surface area contributed by atoms with E-state index in [1.165, 1.54) is 11.1 Å². The zero-order chi connectivity index (χ0) is 6.85. The summed E-state index contributed by atoms with van der Waals surface area (Å²) in [6.07, 6.45) is 1.38. The molecule has 0 unspecified atom stereocenters. The van der Waals surface area contributed by atoms with Crippen LogP contribution in [-0.4, -0.2) is 24.6 Å². The van der Waals surface area contributed by atoms with Gasteiger partial charge in [-0.15, -0.1) is 0 Å². The molecule has 0 aromatic heterocycles. The molecule has 0 bridgehead atoms. The number of cyclic esters (lactones) is 1. The molecule has 0 aromatic rings. The molecule has 0 amide bonds. The van der Waals surface area contributed by atoms with E-state index in [0.717, 1.165) is 0 Å². The SMILES string of the molecule is CN(N)C1=CC(=O)OC1. The Hall–Kier alpha value is -1.03. The predicted molar refractivity (Wildman–Crippen MR) is 31.0 cm³/mol. The maximum Gasteiger partial charge on any atom is 0.333 e. The van der Waals surface area contributed by atoms with Gasteiger partial charge in [-0.1, -0.05) is 0 Å². The van der Waals surface area contributed by atoms with E-state index in [4.69, 9.17) is 5.84 Å². The van der Waals surface area contributed by atoms with E-state index in [9.17, 15) is 4.79 Å². The molecular formula is C5H8N2O2. The normalized spacial score (nSPS) is 17.1. The van der Waals surface area contributed by atoms with Crippen molar-refractivity contribution in [2.24, 2.45) is 5.84 Å². The van der Waals surface area contributed by atoms with E-state index < -0.39 is 0 Å². The van der Waals surface area contributed by atoms with Crippen LogP contribution in [0.25, 0.3) is 0 Å². The number of hydrogen-bond acceptors (Lipinski definition) is 4. The first-order valence-corrected chi connectivity index (χ1v) is 2.56. The summed E-state index contributed by atoms with van der Waals surface area (Å²) < 4.78 is 4.57. The Morgan fingerprint density at radius 3 is 2.78 bits per heavy atom. The molecule has 0 saturated carbocycles. The monoisotopic (exact) mass is 128 g/mol. The molecule has 1 aliphatic heterocycles. The maximum atomic E-state index is 10.4. The number of carbonyl (C=O) groups excluding carboxylic acids is 1. The van der Waals surface area contributed by atoms with E-state index in [-0.39, 0.29) is 5.97 Å². The summed E-state index contributed by atoms with van der Waals surface area (Å²) in [5.41, 5.74) is 0.708. The Kier molecular flexibility index (Phi) is 1.40. The van der Waals surface area contributed by atoms with Crippen molar-refractivity contribution in [3.63, 3.8) is 0 Å². The Morgan fingerprint density at radius 1 is 1.89 bits per heavy atom. The van der Waals surface area contributed by atoms with Crippen LogP contribution in [0.2, 0.25) is 0 Å². The Labute approximate surface area is 52.8 Å². The van der Waals surface area contributed by atoms with Crippen LogP contribution in [-0.2, 0) is 9.53 Å². The highest BCUT2D eigenvalue weighted by Crippen LogP contribution is 2.05. The van der Waals surface area contributed by atoms with Gasteiger partial charge in [0.05, 0.1) is 5.70 Å². The number of ether oxygens (including phenoxy) is 1. The van der Waals surface area contributed by atoms with E-state index in [0.29, 0.717) is 12.3 Å². The zero-order valence-corrected chi connectivity index (χ0v) is 5.13. The van der Waals surface area contributed by atoms with Crippen LogP contribution in [0.1, 0.15) is 0 Å². The van der Waals surface area contributed by atoms with Gasteiger partial charge >= 0.3 is 5.97 Å². The summed E-state index contributed by atoms with van der Waals surface area (Å²) in [6.45, 7) is 0.297. The second-order valence-corrected chi connectivity index (χ2v) is 1.85. The van der Waals surface area contributed by atoms with E-state index in [2.05, 4.69) is 4.74 Å². The molecule has 2 N–H and O–H groups in total. The maximum absolute atomic E-state index is 10.4. The summed E-state index contributed by atoms with van der Waals surface area (Å²) in [4.78, 5) is 10.4. The number of nitrogens with two attached hydrogens (primary N) is 1. The Balaban J connectivity index is 2.62. The second-order valence-electron chi connectivity index (χ2n) is 1.85. The molecule has 50 valence electrons. The van der Waals surface area contributed by atoms with Crippen LogP contribution < -0.4 is 5.84 Å². The van der Waals surface area contributed by atoms with Crippen molar-refractivity contribution >= 4 is 5.97 Å². The summed E-state index contributed by atoms with van der Waals surface area (Å²) >= 11 is 0. The summed E-state index contributed by atoms with van der Waals surface area (Å²) in [5.74, 6) is 4.98. The molecule has 0 fully saturated rings. The summed E-state index contributed by atoms with van der Waals surface area (Å²) in [6, 6.07) is 0. The van der Waals surface area contributed by atoms with Gasteiger partial charge in [-0.3, -0.25) is 0 Å². The van der Waals surface area contributed by atoms with Crippen LogP contribution in [0.4, 0.5) is 0 Å². The summed E-state index contributed by atoms with van der Waals surface area (Å²) in [5, 5.41) is 1.37. The molecule has 1 aliphatic rings. The third-order valence-electron chi connectivity index (χ3n) is 1.10. The number of rotatable bonds is 1. The van der Waals surface area contributed by atoms with Gasteiger partial charge in [-0.05, 0) is 0 Å². The van der Waals surface area contributed by atoms with Gasteiger partial charge in [0, 0.05) is 13.1 Å². The first-order valence-electron chi connectivity index (χ1n) is 2.56. The molecular weight excluding hydrogens is 120 g/mol. The van der Waals surface area contributed by atoms with Crippen molar-refractivity contribution in [3.8, 4) is 0 Å². The third kappa shape index (κ3) is 1.20. The molecule has 0 saturated heterocycles. The molecule has 0 aliphatic carbocycles. The number of nitrogens with zero attached hydrogens (tertiary/aromatic N) is 1. The summed E-state index contributed by atoms with van der Waals surface area (Å²) in [7, 11) is 1.66. The molecule has 0 atom stereocenters. The number of esters is 1. The standard InChI is InChI=1S/C5H8N2O2/c1-7(6)4-2-5(8)9-3-4/h2H,3,6H2,1H3. The van der Waals surface area contributed by atoms with Crippen molar-refractivity contribution < 1.29 is 9.53 Å². The van der Waals surface area contributed by atoms with Crippen molar-refractivity contribution in [2.75, 3.05) is 13.7 Å². The minimum atomic E-state index is -0.317. The third-order valence-corrected chi connectivity index (χ3v) is 1.10. The fourth-order valence-corrected chi connectivity index (χ4v) is 0.568. The van der Waals surface area contributed by atoms with Crippen molar-refractivity contribution in [1.29, 1.82) is 0 Å².